The molecule has 0 saturated carbocycles. The topological polar surface area (TPSA) is 45.8 Å². The number of nitrogens with zero attached hydrogens (tertiary/aromatic N) is 1. The average molecular weight is 181 g/mol. The Morgan fingerprint density at radius 3 is 3.08 bits per heavy atom. The van der Waals surface area contributed by atoms with Crippen molar-refractivity contribution in [2.24, 2.45) is 0 Å². The maximum atomic E-state index is 10.6. The number of benzene rings is 1. The first-order valence-electron chi connectivity index (χ1n) is 3.39. The third-order valence-corrected chi connectivity index (χ3v) is 2.06. The van der Waals surface area contributed by atoms with Crippen LogP contribution in [0.2, 0.25) is 5.02 Å². The molecular weight excluding hydrogens is 176 g/mol. The molecule has 1 heterocycles. The van der Waals surface area contributed by atoms with E-state index in [2.05, 4.69) is 10.2 Å². The standard InChI is InChI=1S/C8H5ClN2O/c9-7-1-2-8-5(3-10-11-8)6(7)4-12/h1-4H,(H,10,11). The minimum absolute atomic E-state index is 0.457. The molecule has 0 amide bonds. The molecule has 0 aliphatic heterocycles. The molecule has 0 bridgehead atoms. The van der Waals surface area contributed by atoms with Crippen LogP contribution in [0.25, 0.3) is 10.9 Å². The number of aromatic nitrogens is 2. The van der Waals surface area contributed by atoms with Crippen molar-refractivity contribution in [3.05, 3.63) is 28.9 Å². The van der Waals surface area contributed by atoms with Gasteiger partial charge in [-0.25, -0.2) is 0 Å². The van der Waals surface area contributed by atoms with Crippen molar-refractivity contribution in [1.82, 2.24) is 10.2 Å². The molecule has 0 saturated heterocycles. The van der Waals surface area contributed by atoms with Gasteiger partial charge in [0, 0.05) is 10.9 Å². The molecule has 0 atom stereocenters. The fourth-order valence-electron chi connectivity index (χ4n) is 1.13. The number of nitrogens with one attached hydrogen (secondary N) is 1. The molecule has 60 valence electrons. The lowest BCUT2D eigenvalue weighted by molar-refractivity contribution is 0.112. The normalized spacial score (nSPS) is 10.4. The highest BCUT2D eigenvalue weighted by Crippen LogP contribution is 2.22. The second-order valence-corrected chi connectivity index (χ2v) is 2.82. The summed E-state index contributed by atoms with van der Waals surface area (Å²) < 4.78 is 0. The summed E-state index contributed by atoms with van der Waals surface area (Å²) in [5.74, 6) is 0. The van der Waals surface area contributed by atoms with Gasteiger partial charge in [-0.05, 0) is 12.1 Å². The molecular formula is C8H5ClN2O. The maximum Gasteiger partial charge on any atom is 0.152 e. The van der Waals surface area contributed by atoms with Crippen LogP contribution in [-0.2, 0) is 0 Å². The van der Waals surface area contributed by atoms with Crippen LogP contribution >= 0.6 is 11.6 Å². The van der Waals surface area contributed by atoms with E-state index in [0.717, 1.165) is 17.2 Å². The highest BCUT2D eigenvalue weighted by molar-refractivity contribution is 6.34. The second kappa shape index (κ2) is 2.60. The highest BCUT2D eigenvalue weighted by Gasteiger charge is 2.05. The van der Waals surface area contributed by atoms with Crippen molar-refractivity contribution < 1.29 is 4.79 Å². The molecule has 2 rings (SSSR count). The lowest BCUT2D eigenvalue weighted by atomic mass is 10.1. The van der Waals surface area contributed by atoms with Crippen LogP contribution in [0.4, 0.5) is 0 Å². The molecule has 0 radical (unpaired) electrons. The molecule has 1 aromatic heterocycles. The molecule has 4 heteroatoms. The van der Waals surface area contributed by atoms with Crippen molar-refractivity contribution in [1.29, 1.82) is 0 Å². The number of aromatic amines is 1. The van der Waals surface area contributed by atoms with Crippen LogP contribution in [0, 0.1) is 0 Å². The number of H-pyrrole nitrogens is 1. The summed E-state index contributed by atoms with van der Waals surface area (Å²) >= 11 is 5.79. The first-order chi connectivity index (χ1) is 5.83. The minimum Gasteiger partial charge on any atom is -0.298 e. The molecule has 1 aromatic carbocycles. The SMILES string of the molecule is O=Cc1c(Cl)ccc2[nH]ncc12. The number of carbonyl (C=O) groups excluding carboxylic acids is 1. The van der Waals surface area contributed by atoms with E-state index >= 15 is 0 Å². The van der Waals surface area contributed by atoms with Gasteiger partial charge >= 0.3 is 0 Å². The number of carbonyl (C=O) groups is 1. The van der Waals surface area contributed by atoms with Gasteiger partial charge in [-0.1, -0.05) is 11.6 Å². The monoisotopic (exact) mass is 180 g/mol. The molecule has 0 aliphatic rings. The Labute approximate surface area is 73.3 Å². The molecule has 1 N–H and O–H groups in total. The average Bonchev–Trinajstić information content (AvgIpc) is 2.52. The smallest absolute Gasteiger partial charge is 0.152 e. The number of hydrogen-bond donors (Lipinski definition) is 1. The summed E-state index contributed by atoms with van der Waals surface area (Å²) in [6.45, 7) is 0. The van der Waals surface area contributed by atoms with Gasteiger partial charge in [0.2, 0.25) is 0 Å². The van der Waals surface area contributed by atoms with E-state index in [1.165, 1.54) is 0 Å². The summed E-state index contributed by atoms with van der Waals surface area (Å²) in [4.78, 5) is 10.6. The van der Waals surface area contributed by atoms with Crippen molar-refractivity contribution in [3.8, 4) is 0 Å². The zero-order valence-electron chi connectivity index (χ0n) is 6.04. The third-order valence-electron chi connectivity index (χ3n) is 1.73. The molecule has 3 nitrogen and oxygen atoms in total. The summed E-state index contributed by atoms with van der Waals surface area (Å²) in [6.07, 6.45) is 2.32. The van der Waals surface area contributed by atoms with Gasteiger partial charge in [-0.3, -0.25) is 9.89 Å². The quantitative estimate of drug-likeness (QED) is 0.683. The Hall–Kier alpha value is -1.35. The van der Waals surface area contributed by atoms with Crippen LogP contribution in [0.3, 0.4) is 0 Å². The lowest BCUT2D eigenvalue weighted by Gasteiger charge is -1.95. The van der Waals surface area contributed by atoms with Crippen LogP contribution in [0.5, 0.6) is 0 Å². The molecule has 0 fully saturated rings. The molecule has 12 heavy (non-hydrogen) atoms. The van der Waals surface area contributed by atoms with Crippen molar-refractivity contribution >= 4 is 28.8 Å². The number of aldehydes is 1. The molecule has 0 unspecified atom stereocenters. The fraction of sp³-hybridized carbons (Fsp3) is 0. The van der Waals surface area contributed by atoms with E-state index < -0.39 is 0 Å². The minimum atomic E-state index is 0.457. The number of fused-ring (bicyclic) bond motifs is 1. The first-order valence-corrected chi connectivity index (χ1v) is 3.77. The Morgan fingerprint density at radius 1 is 1.50 bits per heavy atom. The van der Waals surface area contributed by atoms with Crippen molar-refractivity contribution in [2.45, 2.75) is 0 Å². The zero-order valence-corrected chi connectivity index (χ0v) is 6.80. The Morgan fingerprint density at radius 2 is 2.33 bits per heavy atom. The Balaban J connectivity index is 2.91. The van der Waals surface area contributed by atoms with Crippen LogP contribution in [0.15, 0.2) is 18.3 Å². The van der Waals surface area contributed by atoms with Crippen LogP contribution in [0.1, 0.15) is 10.4 Å². The summed E-state index contributed by atoms with van der Waals surface area (Å²) in [7, 11) is 0. The summed E-state index contributed by atoms with van der Waals surface area (Å²) in [5.41, 5.74) is 1.31. The van der Waals surface area contributed by atoms with Gasteiger partial charge in [-0.15, -0.1) is 0 Å². The van der Waals surface area contributed by atoms with E-state index in [9.17, 15) is 4.79 Å². The second-order valence-electron chi connectivity index (χ2n) is 2.41. The van der Waals surface area contributed by atoms with Crippen molar-refractivity contribution in [2.75, 3.05) is 0 Å². The Bertz CT molecular complexity index is 436. The predicted octanol–water partition coefficient (Wildman–Crippen LogP) is 2.03. The van der Waals surface area contributed by atoms with Crippen LogP contribution < -0.4 is 0 Å². The van der Waals surface area contributed by atoms with Crippen LogP contribution in [-0.4, -0.2) is 16.5 Å². The molecule has 2 aromatic rings. The van der Waals surface area contributed by atoms with E-state index in [0.29, 0.717) is 10.6 Å². The van der Waals surface area contributed by atoms with Gasteiger partial charge in [0.15, 0.2) is 6.29 Å². The van der Waals surface area contributed by atoms with E-state index in [1.54, 1.807) is 18.3 Å². The van der Waals surface area contributed by atoms with Gasteiger partial charge < -0.3 is 0 Å². The van der Waals surface area contributed by atoms with Crippen molar-refractivity contribution in [3.63, 3.8) is 0 Å². The summed E-state index contributed by atoms with van der Waals surface area (Å²) in [6, 6.07) is 3.46. The summed E-state index contributed by atoms with van der Waals surface area (Å²) in [5, 5.41) is 7.78. The van der Waals surface area contributed by atoms with E-state index in [1.807, 2.05) is 0 Å². The van der Waals surface area contributed by atoms with Gasteiger partial charge in [-0.2, -0.15) is 5.10 Å². The zero-order chi connectivity index (χ0) is 8.55. The highest BCUT2D eigenvalue weighted by atomic mass is 35.5. The predicted molar refractivity (Wildman–Crippen MR) is 46.5 cm³/mol. The fourth-order valence-corrected chi connectivity index (χ4v) is 1.34. The molecule has 0 spiro atoms. The molecule has 0 aliphatic carbocycles. The Kier molecular flexibility index (Phi) is 1.59. The number of rotatable bonds is 1. The lowest BCUT2D eigenvalue weighted by Crippen LogP contribution is -1.82. The maximum absolute atomic E-state index is 10.6. The van der Waals surface area contributed by atoms with E-state index in [-0.39, 0.29) is 0 Å². The number of hydrogen-bond acceptors (Lipinski definition) is 2. The first kappa shape index (κ1) is 7.31. The van der Waals surface area contributed by atoms with Gasteiger partial charge in [0.05, 0.1) is 16.7 Å². The number of halogens is 1. The largest absolute Gasteiger partial charge is 0.298 e. The van der Waals surface area contributed by atoms with E-state index in [4.69, 9.17) is 11.6 Å². The third kappa shape index (κ3) is 0.905. The van der Waals surface area contributed by atoms with Gasteiger partial charge in [0.25, 0.3) is 0 Å². The van der Waals surface area contributed by atoms with Gasteiger partial charge in [0.1, 0.15) is 0 Å².